The molecule has 0 fully saturated rings. The maximum absolute atomic E-state index is 13.9. The van der Waals surface area contributed by atoms with E-state index in [-0.39, 0.29) is 54.2 Å². The largest absolute Gasteiger partial charge is 0.352 e. The van der Waals surface area contributed by atoms with E-state index in [4.69, 9.17) is 0 Å². The van der Waals surface area contributed by atoms with E-state index in [0.29, 0.717) is 6.42 Å². The van der Waals surface area contributed by atoms with Crippen LogP contribution in [0.15, 0.2) is 83.8 Å². The minimum Gasteiger partial charge on any atom is -0.352 e. The van der Waals surface area contributed by atoms with Gasteiger partial charge in [-0.25, -0.2) is 12.7 Å². The smallest absolute Gasteiger partial charge is 0.269 e. The number of fused-ring (bicyclic) bond motifs is 1. The van der Waals surface area contributed by atoms with Crippen LogP contribution >= 0.6 is 0 Å². The number of hydrogen-bond acceptors (Lipinski definition) is 5. The van der Waals surface area contributed by atoms with Crippen molar-refractivity contribution in [3.63, 3.8) is 0 Å². The molecule has 0 aromatic heterocycles. The Balaban J connectivity index is 1.58. The first-order chi connectivity index (χ1) is 19.6. The van der Waals surface area contributed by atoms with Crippen LogP contribution in [-0.2, 0) is 32.6 Å². The molecule has 9 heteroatoms. The Morgan fingerprint density at radius 2 is 1.61 bits per heavy atom. The molecule has 0 radical (unpaired) electrons. The molecule has 0 saturated heterocycles. The molecular formula is C32H37N3O5S. The predicted octanol–water partition coefficient (Wildman–Crippen LogP) is 4.47. The van der Waals surface area contributed by atoms with Crippen molar-refractivity contribution in [1.82, 2.24) is 14.5 Å². The molecule has 3 aromatic carbocycles. The van der Waals surface area contributed by atoms with Crippen molar-refractivity contribution in [2.45, 2.75) is 70.0 Å². The highest BCUT2D eigenvalue weighted by atomic mass is 32.2. The molecule has 8 nitrogen and oxygen atoms in total. The third kappa shape index (κ3) is 6.85. The monoisotopic (exact) mass is 575 g/mol. The minimum absolute atomic E-state index is 0.0119. The van der Waals surface area contributed by atoms with Crippen molar-refractivity contribution in [3.05, 3.63) is 101 Å². The van der Waals surface area contributed by atoms with Crippen LogP contribution in [0.2, 0.25) is 0 Å². The van der Waals surface area contributed by atoms with E-state index in [0.717, 1.165) is 27.4 Å². The molecule has 41 heavy (non-hydrogen) atoms. The number of carbonyl (C=O) groups excluding carboxylic acids is 3. The molecule has 3 aromatic rings. The summed E-state index contributed by atoms with van der Waals surface area (Å²) in [4.78, 5) is 41.9. The first-order valence-corrected chi connectivity index (χ1v) is 15.4. The SMILES string of the molecule is CC[C@H](C)NC(=O)[C@@H](Cc1ccccc1)N(Cc1ccccc1C)C(=O)CCCN1C(=O)c2ccccc2S1(=O)=O. The molecule has 1 N–H and O–H groups in total. The summed E-state index contributed by atoms with van der Waals surface area (Å²) >= 11 is 0. The van der Waals surface area contributed by atoms with Gasteiger partial charge in [-0.15, -0.1) is 0 Å². The van der Waals surface area contributed by atoms with Gasteiger partial charge in [0.05, 0.1) is 5.56 Å². The number of rotatable bonds is 12. The molecular weight excluding hydrogens is 538 g/mol. The van der Waals surface area contributed by atoms with Crippen LogP contribution in [0, 0.1) is 6.92 Å². The predicted molar refractivity (Wildman–Crippen MR) is 157 cm³/mol. The second-order valence-electron chi connectivity index (χ2n) is 10.5. The summed E-state index contributed by atoms with van der Waals surface area (Å²) in [5.74, 6) is -1.10. The number of amides is 3. The van der Waals surface area contributed by atoms with Crippen molar-refractivity contribution < 1.29 is 22.8 Å². The first-order valence-electron chi connectivity index (χ1n) is 14.0. The number of nitrogens with zero attached hydrogens (tertiary/aromatic N) is 2. The van der Waals surface area contributed by atoms with Gasteiger partial charge in [-0.1, -0.05) is 73.7 Å². The number of carbonyl (C=O) groups is 3. The molecule has 0 aliphatic carbocycles. The summed E-state index contributed by atoms with van der Waals surface area (Å²) in [5, 5.41) is 3.05. The molecule has 3 amide bonds. The lowest BCUT2D eigenvalue weighted by Crippen LogP contribution is -2.52. The van der Waals surface area contributed by atoms with Crippen LogP contribution in [0.25, 0.3) is 0 Å². The van der Waals surface area contributed by atoms with E-state index in [2.05, 4.69) is 5.32 Å². The summed E-state index contributed by atoms with van der Waals surface area (Å²) in [5.41, 5.74) is 2.98. The van der Waals surface area contributed by atoms with Crippen LogP contribution in [0.1, 0.15) is 60.2 Å². The fourth-order valence-corrected chi connectivity index (χ4v) is 6.54. The first kappa shape index (κ1) is 30.0. The van der Waals surface area contributed by atoms with E-state index in [1.54, 1.807) is 17.0 Å². The van der Waals surface area contributed by atoms with Gasteiger partial charge >= 0.3 is 0 Å². The van der Waals surface area contributed by atoms with Gasteiger partial charge in [0.1, 0.15) is 10.9 Å². The highest BCUT2D eigenvalue weighted by molar-refractivity contribution is 7.90. The number of benzene rings is 3. The zero-order valence-corrected chi connectivity index (χ0v) is 24.6. The third-order valence-corrected chi connectivity index (χ3v) is 9.38. The normalized spacial score (nSPS) is 15.2. The number of sulfonamides is 1. The Bertz CT molecular complexity index is 1510. The van der Waals surface area contributed by atoms with Crippen LogP contribution < -0.4 is 5.32 Å². The highest BCUT2D eigenvalue weighted by Gasteiger charge is 2.40. The fourth-order valence-electron chi connectivity index (χ4n) is 4.94. The van der Waals surface area contributed by atoms with Crippen molar-refractivity contribution in [2.24, 2.45) is 0 Å². The average Bonchev–Trinajstić information content (AvgIpc) is 3.16. The summed E-state index contributed by atoms with van der Waals surface area (Å²) in [6, 6.07) is 22.6. The van der Waals surface area contributed by atoms with Gasteiger partial charge in [0, 0.05) is 32.0 Å². The maximum atomic E-state index is 13.9. The molecule has 0 saturated carbocycles. The topological polar surface area (TPSA) is 104 Å². The highest BCUT2D eigenvalue weighted by Crippen LogP contribution is 2.30. The Hall–Kier alpha value is -3.98. The van der Waals surface area contributed by atoms with Crippen LogP contribution in [0.4, 0.5) is 0 Å². The number of aryl methyl sites for hydroxylation is 1. The second kappa shape index (κ2) is 13.1. The van der Waals surface area contributed by atoms with E-state index in [9.17, 15) is 22.8 Å². The zero-order chi connectivity index (χ0) is 29.6. The third-order valence-electron chi connectivity index (χ3n) is 7.54. The molecule has 1 aliphatic heterocycles. The Kier molecular flexibility index (Phi) is 9.60. The van der Waals surface area contributed by atoms with Crippen LogP contribution in [-0.4, -0.2) is 54.0 Å². The lowest BCUT2D eigenvalue weighted by Gasteiger charge is -2.33. The zero-order valence-electron chi connectivity index (χ0n) is 23.7. The lowest BCUT2D eigenvalue weighted by molar-refractivity contribution is -0.141. The number of hydrogen-bond donors (Lipinski definition) is 1. The summed E-state index contributed by atoms with van der Waals surface area (Å²) in [6.07, 6.45) is 1.18. The second-order valence-corrected chi connectivity index (χ2v) is 12.3. The van der Waals surface area contributed by atoms with Crippen LogP contribution in [0.3, 0.4) is 0 Å². The summed E-state index contributed by atoms with van der Waals surface area (Å²) < 4.78 is 26.8. The fraction of sp³-hybridized carbons (Fsp3) is 0.344. The van der Waals surface area contributed by atoms with Gasteiger partial charge in [0.25, 0.3) is 15.9 Å². The van der Waals surface area contributed by atoms with Crippen LogP contribution in [0.5, 0.6) is 0 Å². The average molecular weight is 576 g/mol. The van der Waals surface area contributed by atoms with E-state index < -0.39 is 22.0 Å². The van der Waals surface area contributed by atoms with Gasteiger partial charge in [-0.3, -0.25) is 14.4 Å². The summed E-state index contributed by atoms with van der Waals surface area (Å²) in [6.45, 7) is 5.98. The molecule has 1 aliphatic rings. The molecule has 0 spiro atoms. The molecule has 0 bridgehead atoms. The van der Waals surface area contributed by atoms with Gasteiger partial charge < -0.3 is 10.2 Å². The van der Waals surface area contributed by atoms with Crippen molar-refractivity contribution in [3.8, 4) is 0 Å². The maximum Gasteiger partial charge on any atom is 0.269 e. The molecule has 2 atom stereocenters. The summed E-state index contributed by atoms with van der Waals surface area (Å²) in [7, 11) is -3.96. The van der Waals surface area contributed by atoms with Crippen molar-refractivity contribution >= 4 is 27.7 Å². The molecule has 1 heterocycles. The van der Waals surface area contributed by atoms with Crippen molar-refractivity contribution in [1.29, 1.82) is 0 Å². The molecule has 4 rings (SSSR count). The van der Waals surface area contributed by atoms with Gasteiger partial charge in [0.2, 0.25) is 11.8 Å². The van der Waals surface area contributed by atoms with Crippen molar-refractivity contribution in [2.75, 3.05) is 6.54 Å². The number of nitrogens with one attached hydrogen (secondary N) is 1. The Labute approximate surface area is 242 Å². The standard InChI is InChI=1S/C32H37N3O5S/c1-4-24(3)33-31(37)28(21-25-14-6-5-7-15-25)34(22-26-16-9-8-13-23(26)2)30(36)19-12-20-35-32(38)27-17-10-11-18-29(27)41(35,39)40/h5-11,13-18,24,28H,4,12,19-22H2,1-3H3,(H,33,37)/t24-,28+/m0/s1. The van der Waals surface area contributed by atoms with E-state index in [1.165, 1.54) is 12.1 Å². The molecule has 0 unspecified atom stereocenters. The lowest BCUT2D eigenvalue weighted by atomic mass is 10.0. The van der Waals surface area contributed by atoms with E-state index >= 15 is 0 Å². The van der Waals surface area contributed by atoms with Gasteiger partial charge in [-0.05, 0) is 55.5 Å². The Morgan fingerprint density at radius 1 is 0.951 bits per heavy atom. The molecule has 216 valence electrons. The quantitative estimate of drug-likeness (QED) is 0.343. The Morgan fingerprint density at radius 3 is 2.29 bits per heavy atom. The van der Waals surface area contributed by atoms with E-state index in [1.807, 2.05) is 75.4 Å². The minimum atomic E-state index is -3.96. The van der Waals surface area contributed by atoms with Gasteiger partial charge in [0.15, 0.2) is 0 Å². The van der Waals surface area contributed by atoms with Gasteiger partial charge in [-0.2, -0.15) is 0 Å².